The molecule has 0 saturated heterocycles. The van der Waals surface area contributed by atoms with E-state index in [2.05, 4.69) is 9.97 Å². The Balaban J connectivity index is 0.00000455. The number of aromatic nitrogens is 4. The van der Waals surface area contributed by atoms with Crippen LogP contribution in [0.4, 0.5) is 0 Å². The standard InChI is InChI=1S/C44H22Cl8N4.Co/c45-21-5-1-6-22(46)37(21)41-29-13-15-31(53-29)42(38-23(47)7-2-8-24(38)48)33-17-19-35(55-33)44(40-27(51)11-4-12-28(40)52)36-20-18-34(56-36)43(32-16-14-30(41)54-32)39-25(49)9-3-10-26(39)50;/h1-20,53,56H;/q;+2. The Bertz CT molecular complexity index is 2560. The van der Waals surface area contributed by atoms with Gasteiger partial charge in [-0.05, 0) is 97.1 Å². The van der Waals surface area contributed by atoms with Crippen LogP contribution in [0, 0.1) is 0 Å². The van der Waals surface area contributed by atoms with E-state index in [0.717, 1.165) is 0 Å². The molecule has 0 unspecified atom stereocenters. The van der Waals surface area contributed by atoms with Crippen LogP contribution in [0.3, 0.4) is 0 Å². The van der Waals surface area contributed by atoms with Crippen molar-refractivity contribution in [1.29, 1.82) is 0 Å². The van der Waals surface area contributed by atoms with Crippen LogP contribution < -0.4 is 0 Å². The first-order valence-electron chi connectivity index (χ1n) is 17.0. The second kappa shape index (κ2) is 16.2. The minimum Gasteiger partial charge on any atom is -0.354 e. The number of benzene rings is 4. The maximum Gasteiger partial charge on any atom is 2.00 e. The van der Waals surface area contributed by atoms with Crippen molar-refractivity contribution in [1.82, 2.24) is 19.9 Å². The molecule has 9 rings (SSSR count). The van der Waals surface area contributed by atoms with Gasteiger partial charge in [0.15, 0.2) is 0 Å². The molecule has 4 nitrogen and oxygen atoms in total. The summed E-state index contributed by atoms with van der Waals surface area (Å²) < 4.78 is 0. The van der Waals surface area contributed by atoms with E-state index in [1.165, 1.54) is 0 Å². The molecule has 8 bridgehead atoms. The van der Waals surface area contributed by atoms with Crippen molar-refractivity contribution in [2.24, 2.45) is 0 Å². The van der Waals surface area contributed by atoms with Crippen LogP contribution in [0.25, 0.3) is 90.9 Å². The minimum absolute atomic E-state index is 0. The van der Waals surface area contributed by atoms with E-state index in [1.54, 1.807) is 72.8 Å². The fourth-order valence-corrected chi connectivity index (χ4v) is 9.55. The molecule has 0 atom stereocenters. The molecule has 57 heavy (non-hydrogen) atoms. The molecule has 1 radical (unpaired) electrons. The minimum atomic E-state index is 0. The normalized spacial score (nSPS) is 11.9. The predicted molar refractivity (Wildman–Crippen MR) is 241 cm³/mol. The summed E-state index contributed by atoms with van der Waals surface area (Å²) in [5, 5.41) is 3.53. The van der Waals surface area contributed by atoms with E-state index < -0.39 is 0 Å². The molecule has 13 heteroatoms. The monoisotopic (exact) mass is 945 g/mol. The number of hydrogen-bond acceptors (Lipinski definition) is 2. The third-order valence-electron chi connectivity index (χ3n) is 9.60. The number of rotatable bonds is 4. The van der Waals surface area contributed by atoms with E-state index in [4.69, 9.17) is 103 Å². The summed E-state index contributed by atoms with van der Waals surface area (Å²) in [4.78, 5) is 17.8. The van der Waals surface area contributed by atoms with Crippen molar-refractivity contribution in [2.45, 2.75) is 0 Å². The number of nitrogens with zero attached hydrogens (tertiary/aromatic N) is 2. The Labute approximate surface area is 377 Å². The largest absolute Gasteiger partial charge is 2.00 e. The Morgan fingerprint density at radius 2 is 0.474 bits per heavy atom. The topological polar surface area (TPSA) is 57.4 Å². The zero-order valence-electron chi connectivity index (χ0n) is 28.8. The number of aromatic amines is 2. The second-order valence-electron chi connectivity index (χ2n) is 12.9. The van der Waals surface area contributed by atoms with Crippen molar-refractivity contribution in [3.63, 3.8) is 0 Å². The molecule has 0 fully saturated rings. The van der Waals surface area contributed by atoms with Gasteiger partial charge in [0.05, 0.1) is 63.0 Å². The quantitative estimate of drug-likeness (QED) is 0.185. The van der Waals surface area contributed by atoms with Gasteiger partial charge >= 0.3 is 16.8 Å². The fourth-order valence-electron chi connectivity index (χ4n) is 7.20. The predicted octanol–water partition coefficient (Wildman–Crippen LogP) is 16.5. The summed E-state index contributed by atoms with van der Waals surface area (Å²) in [6, 6.07) is 29.3. The molecule has 7 aromatic rings. The van der Waals surface area contributed by atoms with Crippen molar-refractivity contribution in [3.05, 3.63) is 160 Å². The maximum absolute atomic E-state index is 6.95. The van der Waals surface area contributed by atoms with Crippen LogP contribution in [0.5, 0.6) is 0 Å². The Hall–Kier alpha value is -3.69. The Morgan fingerprint density at radius 3 is 0.667 bits per heavy atom. The van der Waals surface area contributed by atoms with E-state index in [-0.39, 0.29) is 16.8 Å². The summed E-state index contributed by atoms with van der Waals surface area (Å²) >= 11 is 55.6. The first-order valence-corrected chi connectivity index (χ1v) is 20.0. The van der Waals surface area contributed by atoms with Gasteiger partial charge in [-0.3, -0.25) is 0 Å². The van der Waals surface area contributed by atoms with Gasteiger partial charge in [0, 0.05) is 66.6 Å². The second-order valence-corrected chi connectivity index (χ2v) is 16.1. The fraction of sp³-hybridized carbons (Fsp3) is 0. The zero-order chi connectivity index (χ0) is 38.8. The van der Waals surface area contributed by atoms with Crippen molar-refractivity contribution in [2.75, 3.05) is 0 Å². The first-order chi connectivity index (χ1) is 27.1. The molecule has 4 aromatic carbocycles. The number of nitrogens with one attached hydrogen (secondary N) is 2. The van der Waals surface area contributed by atoms with Gasteiger partial charge in [0.1, 0.15) is 0 Å². The number of fused-ring (bicyclic) bond motifs is 8. The SMILES string of the molecule is Clc1cccc(Cl)c1-c1c2nc(c(-c3c(Cl)cccc3Cl)c3ccc([nH]3)c(-c3c(Cl)cccc3Cl)c3nc(c(-c4c(Cl)cccc4Cl)c4ccc1[nH]4)C=C3)C=C2.[Co+2]. The average Bonchev–Trinajstić information content (AvgIpc) is 4.00. The number of hydrogen-bond donors (Lipinski definition) is 2. The van der Waals surface area contributed by atoms with Crippen molar-refractivity contribution < 1.29 is 16.8 Å². The Morgan fingerprint density at radius 1 is 0.281 bits per heavy atom. The van der Waals surface area contributed by atoms with Crippen LogP contribution in [-0.4, -0.2) is 19.9 Å². The summed E-state index contributed by atoms with van der Waals surface area (Å²) in [5.74, 6) is 0. The van der Waals surface area contributed by atoms with Gasteiger partial charge in [-0.2, -0.15) is 0 Å². The van der Waals surface area contributed by atoms with Gasteiger partial charge < -0.3 is 9.97 Å². The van der Waals surface area contributed by atoms with Crippen LogP contribution in [0.1, 0.15) is 22.8 Å². The summed E-state index contributed by atoms with van der Waals surface area (Å²) in [6.07, 6.45) is 7.66. The van der Waals surface area contributed by atoms with E-state index in [9.17, 15) is 0 Å². The van der Waals surface area contributed by atoms with Gasteiger partial charge in [0.25, 0.3) is 0 Å². The van der Waals surface area contributed by atoms with E-state index in [0.29, 0.717) is 130 Å². The average molecular weight is 949 g/mol. The third-order valence-corrected chi connectivity index (χ3v) is 12.1. The maximum atomic E-state index is 6.95. The molecular formula is C44H22Cl8CoN4+2. The molecule has 0 spiro atoms. The van der Waals surface area contributed by atoms with Gasteiger partial charge in [0.2, 0.25) is 0 Å². The van der Waals surface area contributed by atoms with Crippen LogP contribution in [-0.2, 0) is 16.8 Å². The first kappa shape index (κ1) is 40.1. The Kier molecular flexibility index (Phi) is 11.4. The van der Waals surface area contributed by atoms with Crippen LogP contribution in [0.15, 0.2) is 97.1 Å². The van der Waals surface area contributed by atoms with E-state index in [1.807, 2.05) is 48.6 Å². The van der Waals surface area contributed by atoms with Gasteiger partial charge in [-0.15, -0.1) is 0 Å². The van der Waals surface area contributed by atoms with Gasteiger partial charge in [-0.25, -0.2) is 9.97 Å². The third kappa shape index (κ3) is 7.12. The molecule has 2 aliphatic heterocycles. The molecule has 5 heterocycles. The molecular weight excluding hydrogens is 927 g/mol. The molecule has 3 aromatic heterocycles. The smallest absolute Gasteiger partial charge is 0.354 e. The van der Waals surface area contributed by atoms with Crippen molar-refractivity contribution in [3.8, 4) is 44.5 Å². The summed E-state index contributed by atoms with van der Waals surface area (Å²) in [7, 11) is 0. The molecule has 0 saturated carbocycles. The summed E-state index contributed by atoms with van der Waals surface area (Å²) in [5.41, 5.74) is 10.1. The summed E-state index contributed by atoms with van der Waals surface area (Å²) in [6.45, 7) is 0. The molecule has 0 amide bonds. The number of halogens is 8. The van der Waals surface area contributed by atoms with Crippen molar-refractivity contribution >= 4 is 139 Å². The van der Waals surface area contributed by atoms with E-state index >= 15 is 0 Å². The zero-order valence-corrected chi connectivity index (χ0v) is 35.9. The molecule has 2 aliphatic rings. The van der Waals surface area contributed by atoms with Crippen LogP contribution in [0.2, 0.25) is 40.2 Å². The van der Waals surface area contributed by atoms with Crippen LogP contribution >= 0.6 is 92.8 Å². The number of H-pyrrole nitrogens is 2. The molecule has 281 valence electrons. The molecule has 2 N–H and O–H groups in total. The van der Waals surface area contributed by atoms with Gasteiger partial charge in [-0.1, -0.05) is 117 Å². The molecule has 0 aliphatic carbocycles.